The molecule has 0 spiro atoms. The quantitative estimate of drug-likeness (QED) is 0.681. The molecule has 1 aliphatic rings. The Hall–Kier alpha value is -2.32. The fraction of sp³-hybridized carbons (Fsp3) is 0. The number of benzene rings is 2. The van der Waals surface area contributed by atoms with E-state index in [4.69, 9.17) is 10.3 Å². The summed E-state index contributed by atoms with van der Waals surface area (Å²) in [5.41, 5.74) is 6.83. The molecule has 0 saturated carbocycles. The smallest absolute Gasteiger partial charge is 0.300 e. The molecule has 3 rings (SSSR count). The first-order chi connectivity index (χ1) is 9.60. The maximum absolute atomic E-state index is 13.0. The predicted octanol–water partition coefficient (Wildman–Crippen LogP) is 2.65. The van der Waals surface area contributed by atoms with Crippen molar-refractivity contribution in [3.63, 3.8) is 0 Å². The van der Waals surface area contributed by atoms with E-state index in [1.165, 1.54) is 5.82 Å². The van der Waals surface area contributed by atoms with Crippen molar-refractivity contribution < 1.29 is 13.9 Å². The van der Waals surface area contributed by atoms with E-state index in [0.717, 1.165) is 17.2 Å². The van der Waals surface area contributed by atoms with Crippen LogP contribution in [0.4, 0.5) is 0 Å². The molecule has 0 saturated heterocycles. The van der Waals surface area contributed by atoms with Gasteiger partial charge < -0.3 is 10.3 Å². The van der Waals surface area contributed by atoms with Gasteiger partial charge in [-0.1, -0.05) is 36.4 Å². The zero-order chi connectivity index (χ0) is 14.2. The molecule has 100 valence electrons. The van der Waals surface area contributed by atoms with Crippen LogP contribution in [0.25, 0.3) is 11.1 Å². The van der Waals surface area contributed by atoms with Crippen molar-refractivity contribution in [2.75, 3.05) is 0 Å². The first-order valence-electron chi connectivity index (χ1n) is 6.07. The average Bonchev–Trinajstić information content (AvgIpc) is 2.46. The second kappa shape index (κ2) is 4.66. The fourth-order valence-electron chi connectivity index (χ4n) is 2.22. The van der Waals surface area contributed by atoms with Crippen LogP contribution in [-0.4, -0.2) is 5.91 Å². The Morgan fingerprint density at radius 3 is 2.45 bits per heavy atom. The van der Waals surface area contributed by atoms with Gasteiger partial charge in [0.2, 0.25) is 5.91 Å². The van der Waals surface area contributed by atoms with Gasteiger partial charge in [0, 0.05) is 17.5 Å². The number of primary amides is 1. The minimum Gasteiger partial charge on any atom is -0.437 e. The van der Waals surface area contributed by atoms with Crippen LogP contribution >= 0.6 is 7.37 Å². The lowest BCUT2D eigenvalue weighted by atomic mass is 10.0. The van der Waals surface area contributed by atoms with Gasteiger partial charge in [-0.2, -0.15) is 0 Å². The van der Waals surface area contributed by atoms with Gasteiger partial charge in [0.15, 0.2) is 0 Å². The van der Waals surface area contributed by atoms with E-state index in [9.17, 15) is 9.36 Å². The van der Waals surface area contributed by atoms with Crippen LogP contribution in [0.15, 0.2) is 60.4 Å². The molecule has 0 radical (unpaired) electrons. The molecule has 2 aromatic rings. The normalized spacial score (nSPS) is 20.0. The lowest BCUT2D eigenvalue weighted by molar-refractivity contribution is -0.113. The summed E-state index contributed by atoms with van der Waals surface area (Å²) in [4.78, 5) is 10.9. The third kappa shape index (κ3) is 2.04. The van der Waals surface area contributed by atoms with E-state index in [1.54, 1.807) is 18.2 Å². The molecular weight excluding hydrogens is 273 g/mol. The monoisotopic (exact) mass is 285 g/mol. The molecule has 1 heterocycles. The average molecular weight is 285 g/mol. The third-order valence-electron chi connectivity index (χ3n) is 3.09. The minimum atomic E-state index is -3.27. The minimum absolute atomic E-state index is 0.545. The Bertz CT molecular complexity index is 767. The summed E-state index contributed by atoms with van der Waals surface area (Å²) in [6.07, 6.45) is 1.09. The highest BCUT2D eigenvalue weighted by atomic mass is 31.2. The molecule has 1 atom stereocenters. The van der Waals surface area contributed by atoms with Gasteiger partial charge in [-0.25, -0.2) is 0 Å². The summed E-state index contributed by atoms with van der Waals surface area (Å²) in [6.45, 7) is 0. The zero-order valence-electron chi connectivity index (χ0n) is 10.5. The molecule has 2 aromatic carbocycles. The lowest BCUT2D eigenvalue weighted by Gasteiger charge is -2.26. The van der Waals surface area contributed by atoms with Crippen LogP contribution in [-0.2, 0) is 9.36 Å². The Kier molecular flexibility index (Phi) is 2.96. The summed E-state index contributed by atoms with van der Waals surface area (Å²) in [6, 6.07) is 14.7. The Morgan fingerprint density at radius 2 is 1.70 bits per heavy atom. The van der Waals surface area contributed by atoms with Crippen molar-refractivity contribution >= 4 is 18.6 Å². The van der Waals surface area contributed by atoms with E-state index in [1.807, 2.05) is 30.3 Å². The number of rotatable bonds is 2. The summed E-state index contributed by atoms with van der Waals surface area (Å²) < 4.78 is 18.7. The molecule has 5 heteroatoms. The summed E-state index contributed by atoms with van der Waals surface area (Å²) in [5, 5.41) is 0.580. The standard InChI is InChI=1S/C15H12NO3P/c16-15(17)9-10-20(18)14-8-4-2-6-12(14)11-5-1-3-7-13(11)19-20/h1-10H,(H2,16,17). The van der Waals surface area contributed by atoms with Gasteiger partial charge in [0.25, 0.3) is 0 Å². The lowest BCUT2D eigenvalue weighted by Crippen LogP contribution is -2.16. The molecule has 4 nitrogen and oxygen atoms in total. The van der Waals surface area contributed by atoms with Gasteiger partial charge in [0.1, 0.15) is 5.75 Å². The molecule has 0 aromatic heterocycles. The van der Waals surface area contributed by atoms with Crippen LogP contribution in [0.2, 0.25) is 0 Å². The maximum Gasteiger partial charge on any atom is 0.300 e. The fourth-order valence-corrected chi connectivity index (χ4v) is 4.16. The number of amides is 1. The van der Waals surface area contributed by atoms with Crippen molar-refractivity contribution in [3.05, 3.63) is 60.4 Å². The molecule has 0 fully saturated rings. The number of para-hydroxylation sites is 1. The second-order valence-electron chi connectivity index (χ2n) is 4.42. The van der Waals surface area contributed by atoms with Crippen molar-refractivity contribution in [2.24, 2.45) is 5.73 Å². The molecule has 1 unspecified atom stereocenters. The second-order valence-corrected chi connectivity index (χ2v) is 6.58. The molecule has 20 heavy (non-hydrogen) atoms. The predicted molar refractivity (Wildman–Crippen MR) is 78.1 cm³/mol. The number of carbonyl (C=O) groups excluding carboxylic acids is 1. The van der Waals surface area contributed by atoms with Gasteiger partial charge in [-0.3, -0.25) is 9.36 Å². The van der Waals surface area contributed by atoms with Crippen molar-refractivity contribution in [2.45, 2.75) is 0 Å². The number of carbonyl (C=O) groups is 1. The van der Waals surface area contributed by atoms with E-state index in [2.05, 4.69) is 0 Å². The highest BCUT2D eigenvalue weighted by Crippen LogP contribution is 2.55. The zero-order valence-corrected chi connectivity index (χ0v) is 11.4. The van der Waals surface area contributed by atoms with Crippen molar-refractivity contribution in [1.29, 1.82) is 0 Å². The SMILES string of the molecule is NC(=O)C=CP1(=O)Oc2ccccc2-c2ccccc21. The molecule has 2 N–H and O–H groups in total. The van der Waals surface area contributed by atoms with Gasteiger partial charge in [-0.15, -0.1) is 0 Å². The Labute approximate surface area is 116 Å². The first kappa shape index (κ1) is 12.7. The van der Waals surface area contributed by atoms with E-state index in [0.29, 0.717) is 11.1 Å². The van der Waals surface area contributed by atoms with Crippen molar-refractivity contribution in [1.82, 2.24) is 0 Å². The highest BCUT2D eigenvalue weighted by Gasteiger charge is 2.33. The van der Waals surface area contributed by atoms with E-state index >= 15 is 0 Å². The first-order valence-corrected chi connectivity index (χ1v) is 7.76. The van der Waals surface area contributed by atoms with Crippen molar-refractivity contribution in [3.8, 4) is 16.9 Å². The van der Waals surface area contributed by atoms with Crippen LogP contribution in [0.1, 0.15) is 0 Å². The molecular formula is C15H12NO3P. The Balaban J connectivity index is 2.23. The summed E-state index contributed by atoms with van der Waals surface area (Å²) >= 11 is 0. The summed E-state index contributed by atoms with van der Waals surface area (Å²) in [5.74, 6) is 1.16. The number of fused-ring (bicyclic) bond motifs is 3. The van der Waals surface area contributed by atoms with E-state index < -0.39 is 13.3 Å². The van der Waals surface area contributed by atoms with Crippen LogP contribution < -0.4 is 15.6 Å². The summed E-state index contributed by atoms with van der Waals surface area (Å²) in [7, 11) is -3.27. The molecule has 0 bridgehead atoms. The molecule has 1 amide bonds. The van der Waals surface area contributed by atoms with Crippen LogP contribution in [0.5, 0.6) is 5.75 Å². The van der Waals surface area contributed by atoms with E-state index in [-0.39, 0.29) is 0 Å². The Morgan fingerprint density at radius 1 is 1.05 bits per heavy atom. The van der Waals surface area contributed by atoms with Crippen LogP contribution in [0, 0.1) is 0 Å². The third-order valence-corrected chi connectivity index (χ3v) is 5.16. The van der Waals surface area contributed by atoms with Gasteiger partial charge >= 0.3 is 7.37 Å². The van der Waals surface area contributed by atoms with Gasteiger partial charge in [-0.05, 0) is 17.7 Å². The van der Waals surface area contributed by atoms with Crippen LogP contribution in [0.3, 0.4) is 0 Å². The van der Waals surface area contributed by atoms with Gasteiger partial charge in [0.05, 0.1) is 5.30 Å². The number of hydrogen-bond donors (Lipinski definition) is 1. The number of hydrogen-bond acceptors (Lipinski definition) is 3. The maximum atomic E-state index is 13.0. The molecule has 1 aliphatic heterocycles. The largest absolute Gasteiger partial charge is 0.437 e. The number of nitrogens with two attached hydrogens (primary N) is 1. The molecule has 0 aliphatic carbocycles. The topological polar surface area (TPSA) is 69.4 Å². The highest BCUT2D eigenvalue weighted by molar-refractivity contribution is 7.70.